The fourth-order valence-corrected chi connectivity index (χ4v) is 16.9. The first-order chi connectivity index (χ1) is 40.2. The van der Waals surface area contributed by atoms with E-state index in [1.54, 1.807) is 38.5 Å². The Hall–Kier alpha value is -0.940. The van der Waals surface area contributed by atoms with Crippen LogP contribution < -0.4 is 0 Å². The van der Waals surface area contributed by atoms with Gasteiger partial charge in [-0.25, -0.2) is 0 Å². The molecule has 84 heavy (non-hydrogen) atoms. The lowest BCUT2D eigenvalue weighted by molar-refractivity contribution is 0.185. The average molecular weight is 1170 g/mol. The molecule has 12 rings (SSSR count). The Morgan fingerprint density at radius 2 is 0.738 bits per heavy atom. The van der Waals surface area contributed by atoms with Crippen molar-refractivity contribution < 1.29 is 0 Å². The number of fused-ring (bicyclic) bond motifs is 4. The summed E-state index contributed by atoms with van der Waals surface area (Å²) in [6, 6.07) is 14.6. The van der Waals surface area contributed by atoms with Crippen molar-refractivity contribution in [2.75, 3.05) is 45.8 Å². The summed E-state index contributed by atoms with van der Waals surface area (Å²) >= 11 is 0. The summed E-state index contributed by atoms with van der Waals surface area (Å²) in [5, 5.41) is 0. The molecule has 0 amide bonds. The SMILES string of the molecule is CC(C)C1CCCCC1.CC(C)C1CCCCCC1.CC(C)C1CCC[C@@H]2C[C@H]12.CC(C)C1C[C@H]2CC[C@@H]1C2.CC(C)N1CCCC1.CC(C)N1CCCCC1.CC(C)N1CCCCCC1.CC(C)N1CC[C@H]2C[C@H]21.CC(C)c1ccccc1. The highest BCUT2D eigenvalue weighted by Crippen LogP contribution is 2.55. The topological polar surface area (TPSA) is 13.0 Å². The van der Waals surface area contributed by atoms with E-state index in [4.69, 9.17) is 0 Å². The molecule has 7 aliphatic carbocycles. The van der Waals surface area contributed by atoms with E-state index in [0.29, 0.717) is 5.92 Å². The van der Waals surface area contributed by atoms with E-state index in [1.807, 2.05) is 6.07 Å². The Balaban J connectivity index is 0.000000203. The van der Waals surface area contributed by atoms with Crippen LogP contribution in [0.3, 0.4) is 0 Å². The molecule has 0 aromatic heterocycles. The van der Waals surface area contributed by atoms with Crippen LogP contribution in [0.4, 0.5) is 0 Å². The lowest BCUT2D eigenvalue weighted by Crippen LogP contribution is -2.35. The maximum absolute atomic E-state index is 2.64. The molecule has 1 aromatic carbocycles. The smallest absolute Gasteiger partial charge is 0.0130 e. The summed E-state index contributed by atoms with van der Waals surface area (Å²) in [6.45, 7) is 51.1. The second kappa shape index (κ2) is 42.2. The number of benzene rings is 1. The number of hydrogen-bond acceptors (Lipinski definition) is 4. The van der Waals surface area contributed by atoms with Gasteiger partial charge >= 0.3 is 0 Å². The van der Waals surface area contributed by atoms with Gasteiger partial charge in [-0.05, 0) is 273 Å². The minimum Gasteiger partial charge on any atom is -0.301 e. The van der Waals surface area contributed by atoms with Crippen LogP contribution in [0.1, 0.15) is 329 Å². The number of rotatable bonds is 9. The molecular formula is C80H152N4. The first kappa shape index (κ1) is 75.5. The first-order valence-corrected chi connectivity index (χ1v) is 38.2. The second-order valence-corrected chi connectivity index (χ2v) is 32.5. The van der Waals surface area contributed by atoms with E-state index in [9.17, 15) is 0 Å². The molecule has 7 saturated carbocycles. The third kappa shape index (κ3) is 29.8. The summed E-state index contributed by atoms with van der Waals surface area (Å²) in [5.74, 6) is 14.4. The Labute approximate surface area is 528 Å². The van der Waals surface area contributed by atoms with Gasteiger partial charge < -0.3 is 14.7 Å². The van der Waals surface area contributed by atoms with Gasteiger partial charge in [-0.2, -0.15) is 0 Å². The number of hydrogen-bond donors (Lipinski definition) is 0. The van der Waals surface area contributed by atoms with Gasteiger partial charge in [0.25, 0.3) is 0 Å². The molecule has 4 aliphatic heterocycles. The van der Waals surface area contributed by atoms with E-state index in [-0.39, 0.29) is 0 Å². The summed E-state index contributed by atoms with van der Waals surface area (Å²) < 4.78 is 0. The highest BCUT2D eigenvalue weighted by Gasteiger charge is 2.47. The molecule has 1 aromatic rings. The largest absolute Gasteiger partial charge is 0.301 e. The maximum atomic E-state index is 2.64. The van der Waals surface area contributed by atoms with Crippen molar-refractivity contribution >= 4 is 0 Å². The summed E-state index contributed by atoms with van der Waals surface area (Å²) in [4.78, 5) is 10.3. The Kier molecular flexibility index (Phi) is 37.9. The molecule has 4 saturated heterocycles. The monoisotopic (exact) mass is 1170 g/mol. The molecule has 4 heterocycles. The second-order valence-electron chi connectivity index (χ2n) is 32.5. The van der Waals surface area contributed by atoms with Gasteiger partial charge in [-0.3, -0.25) is 4.90 Å². The van der Waals surface area contributed by atoms with Crippen LogP contribution in [0.25, 0.3) is 0 Å². The van der Waals surface area contributed by atoms with Crippen LogP contribution in [-0.2, 0) is 0 Å². The number of likely N-dealkylation sites (tertiary alicyclic amines) is 4. The summed E-state index contributed by atoms with van der Waals surface area (Å²) in [5.41, 5.74) is 1.41. The molecule has 0 radical (unpaired) electrons. The van der Waals surface area contributed by atoms with E-state index in [2.05, 4.69) is 168 Å². The summed E-state index contributed by atoms with van der Waals surface area (Å²) in [6.07, 6.45) is 44.6. The van der Waals surface area contributed by atoms with E-state index < -0.39 is 0 Å². The average Bonchev–Trinajstić information content (AvgIpc) is 4.33. The van der Waals surface area contributed by atoms with Gasteiger partial charge in [0.2, 0.25) is 0 Å². The minimum atomic E-state index is 0.659. The third-order valence-electron chi connectivity index (χ3n) is 23.1. The van der Waals surface area contributed by atoms with E-state index >= 15 is 0 Å². The third-order valence-corrected chi connectivity index (χ3v) is 23.1. The highest BCUT2D eigenvalue weighted by atomic mass is 15.2. The molecule has 2 bridgehead atoms. The van der Waals surface area contributed by atoms with Crippen molar-refractivity contribution in [3.63, 3.8) is 0 Å². The quantitative estimate of drug-likeness (QED) is 0.229. The molecule has 11 fully saturated rings. The van der Waals surface area contributed by atoms with Crippen molar-refractivity contribution in [2.24, 2.45) is 76.9 Å². The first-order valence-electron chi connectivity index (χ1n) is 38.2. The number of nitrogens with zero attached hydrogens (tertiary/aromatic N) is 4. The van der Waals surface area contributed by atoms with Gasteiger partial charge in [0, 0.05) is 30.2 Å². The maximum Gasteiger partial charge on any atom is 0.0130 e. The van der Waals surface area contributed by atoms with Crippen molar-refractivity contribution in [3.8, 4) is 0 Å². The number of piperidine rings is 2. The Bertz CT molecular complexity index is 1630. The van der Waals surface area contributed by atoms with Crippen LogP contribution in [0.5, 0.6) is 0 Å². The molecule has 11 aliphatic rings. The Morgan fingerprint density at radius 1 is 0.310 bits per heavy atom. The highest BCUT2D eigenvalue weighted by molar-refractivity contribution is 5.17. The summed E-state index contributed by atoms with van der Waals surface area (Å²) in [7, 11) is 0. The van der Waals surface area contributed by atoms with Crippen molar-refractivity contribution in [1.29, 1.82) is 0 Å². The van der Waals surface area contributed by atoms with Crippen LogP contribution in [0.15, 0.2) is 30.3 Å². The van der Waals surface area contributed by atoms with Gasteiger partial charge in [-0.1, -0.05) is 209 Å². The Morgan fingerprint density at radius 3 is 1.04 bits per heavy atom. The zero-order valence-corrected chi connectivity index (χ0v) is 60.3. The molecule has 2 unspecified atom stereocenters. The molecule has 0 spiro atoms. The molecule has 4 nitrogen and oxygen atoms in total. The van der Waals surface area contributed by atoms with Crippen LogP contribution in [-0.4, -0.2) is 95.6 Å². The lowest BCUT2D eigenvalue weighted by atomic mass is 9.81. The van der Waals surface area contributed by atoms with Crippen LogP contribution in [0.2, 0.25) is 0 Å². The molecule has 4 heteroatoms. The van der Waals surface area contributed by atoms with Gasteiger partial charge in [0.05, 0.1) is 0 Å². The minimum absolute atomic E-state index is 0.659. The predicted molar refractivity (Wildman–Crippen MR) is 376 cm³/mol. The molecule has 0 N–H and O–H groups in total. The van der Waals surface area contributed by atoms with Crippen molar-refractivity contribution in [1.82, 2.24) is 19.6 Å². The molecule has 492 valence electrons. The fourth-order valence-electron chi connectivity index (χ4n) is 16.9. The normalized spacial score (nSPS) is 28.9. The van der Waals surface area contributed by atoms with Crippen LogP contribution >= 0.6 is 0 Å². The van der Waals surface area contributed by atoms with Crippen molar-refractivity contribution in [2.45, 2.75) is 353 Å². The zero-order chi connectivity index (χ0) is 61.6. The van der Waals surface area contributed by atoms with Gasteiger partial charge in [-0.15, -0.1) is 0 Å². The van der Waals surface area contributed by atoms with Gasteiger partial charge in [0.15, 0.2) is 0 Å². The van der Waals surface area contributed by atoms with Crippen molar-refractivity contribution in [3.05, 3.63) is 35.9 Å². The predicted octanol–water partition coefficient (Wildman–Crippen LogP) is 22.9. The van der Waals surface area contributed by atoms with Crippen LogP contribution in [0, 0.1) is 76.9 Å². The van der Waals surface area contributed by atoms with E-state index in [1.165, 1.54) is 211 Å². The standard InChI is InChI=1S/2C10H18.C10H20.C9H19N.C9H18.C9H12.C8H15N.C8H17N.C7H15N/c1-7(2)10-6-8-3-4-9(10)5-8;1-7(2)9-5-3-4-8-6-10(8)9;2*1-9(2)10-7-5-3-4-6-8-10;2*1-8(2)9-6-4-3-5-7-9;1-6(2)9-4-3-7-5-8(7)9;1-8(2)9-6-4-3-5-7-9;1-7(2)8-5-3-4-6-8/h2*7-10H,3-6H2,1-2H3;9-10H,3-8H2,1-2H3;9H,3-8H2,1-2H3;8-9H,3-7H2,1-2H3;3-8H,1-2H3;6-8H,3-5H2,1-2H3;8H,3-7H2,1-2H3;7H,3-6H2,1-2H3/t8-,9+,10?;8-,9?,10+;;;;;7-,8+;;/m01....0../s1. The fraction of sp³-hybridized carbons (Fsp3) is 0.925. The zero-order valence-electron chi connectivity index (χ0n) is 60.3. The molecule has 8 atom stereocenters. The van der Waals surface area contributed by atoms with E-state index in [0.717, 1.165) is 101 Å². The van der Waals surface area contributed by atoms with Gasteiger partial charge in [0.1, 0.15) is 0 Å². The lowest BCUT2D eigenvalue weighted by Gasteiger charge is -2.29. The molecular weight excluding hydrogens is 1020 g/mol.